The topological polar surface area (TPSA) is 118 Å². The van der Waals surface area contributed by atoms with Crippen molar-refractivity contribution in [2.45, 2.75) is 51.8 Å². The molecular formula is C26H29N3O6. The average molecular weight is 480 g/mol. The molecule has 0 aromatic heterocycles. The fraction of sp³-hybridized carbons (Fsp3) is 0.308. The van der Waals surface area contributed by atoms with Crippen LogP contribution in [0.25, 0.3) is 5.70 Å². The highest BCUT2D eigenvalue weighted by atomic mass is 16.4. The number of carboxylic acid groups (broad SMARTS) is 1. The van der Waals surface area contributed by atoms with Crippen LogP contribution in [0.15, 0.2) is 66.9 Å². The molecule has 0 radical (unpaired) electrons. The van der Waals surface area contributed by atoms with Crippen LogP contribution in [-0.2, 0) is 25.6 Å². The van der Waals surface area contributed by atoms with Crippen LogP contribution in [0.4, 0.5) is 0 Å². The number of nitrogens with zero attached hydrogens (tertiary/aromatic N) is 3. The third-order valence-corrected chi connectivity index (χ3v) is 5.96. The monoisotopic (exact) mass is 479 g/mol. The number of aliphatic carboxylic acids is 1. The maximum atomic E-state index is 13.9. The second-order valence-electron chi connectivity index (χ2n) is 8.85. The molecule has 3 rings (SSSR count). The van der Waals surface area contributed by atoms with Crippen LogP contribution in [0.1, 0.15) is 38.8 Å². The van der Waals surface area contributed by atoms with E-state index in [4.69, 9.17) is 0 Å². The van der Waals surface area contributed by atoms with Crippen molar-refractivity contribution in [3.05, 3.63) is 78.0 Å². The first-order valence-corrected chi connectivity index (χ1v) is 11.1. The van der Waals surface area contributed by atoms with Crippen molar-refractivity contribution >= 4 is 29.4 Å². The van der Waals surface area contributed by atoms with Gasteiger partial charge in [0, 0.05) is 25.6 Å². The lowest BCUT2D eigenvalue weighted by Crippen LogP contribution is -2.66. The Labute approximate surface area is 203 Å². The minimum atomic E-state index is -1.99. The van der Waals surface area contributed by atoms with Crippen molar-refractivity contribution in [2.75, 3.05) is 0 Å². The first-order valence-electron chi connectivity index (χ1n) is 11.1. The predicted octanol–water partition coefficient (Wildman–Crippen LogP) is 2.27. The number of carbonyl (C=O) groups is 4. The summed E-state index contributed by atoms with van der Waals surface area (Å²) in [7, 11) is 0. The molecule has 0 aliphatic carbocycles. The molecule has 1 aliphatic rings. The van der Waals surface area contributed by atoms with Crippen molar-refractivity contribution in [3.8, 4) is 0 Å². The molecule has 9 heteroatoms. The van der Waals surface area contributed by atoms with Crippen molar-refractivity contribution in [1.29, 1.82) is 0 Å². The van der Waals surface area contributed by atoms with Crippen LogP contribution in [0.2, 0.25) is 0 Å². The first kappa shape index (κ1) is 25.6. The van der Waals surface area contributed by atoms with Gasteiger partial charge in [-0.05, 0) is 25.8 Å². The van der Waals surface area contributed by atoms with Gasteiger partial charge in [0.1, 0.15) is 5.54 Å². The van der Waals surface area contributed by atoms with Crippen LogP contribution in [0.3, 0.4) is 0 Å². The fourth-order valence-electron chi connectivity index (χ4n) is 4.19. The van der Waals surface area contributed by atoms with Gasteiger partial charge in [0.2, 0.25) is 11.8 Å². The second-order valence-corrected chi connectivity index (χ2v) is 8.85. The Balaban J connectivity index is 2.24. The summed E-state index contributed by atoms with van der Waals surface area (Å²) in [6.07, 6.45) is -0.545. The number of carboxylic acids is 1. The summed E-state index contributed by atoms with van der Waals surface area (Å²) in [5, 5.41) is 22.4. The lowest BCUT2D eigenvalue weighted by Gasteiger charge is -2.49. The summed E-state index contributed by atoms with van der Waals surface area (Å²) in [6, 6.07) is 16.1. The van der Waals surface area contributed by atoms with Crippen LogP contribution >= 0.6 is 0 Å². The molecule has 9 nitrogen and oxygen atoms in total. The summed E-state index contributed by atoms with van der Waals surface area (Å²) < 4.78 is 0. The summed E-state index contributed by atoms with van der Waals surface area (Å²) in [4.78, 5) is 52.6. The summed E-state index contributed by atoms with van der Waals surface area (Å²) in [5.41, 5.74) is 0.0139. The van der Waals surface area contributed by atoms with E-state index in [0.29, 0.717) is 11.1 Å². The first-order chi connectivity index (χ1) is 16.5. The quantitative estimate of drug-likeness (QED) is 0.629. The van der Waals surface area contributed by atoms with E-state index in [1.54, 1.807) is 74.5 Å². The molecular weight excluding hydrogens is 450 g/mol. The van der Waals surface area contributed by atoms with Gasteiger partial charge in [-0.15, -0.1) is 0 Å². The molecule has 184 valence electrons. The van der Waals surface area contributed by atoms with Gasteiger partial charge in [-0.2, -0.15) is 0 Å². The minimum Gasteiger partial charge on any atom is -0.479 e. The van der Waals surface area contributed by atoms with Crippen LogP contribution < -0.4 is 0 Å². The highest BCUT2D eigenvalue weighted by Gasteiger charge is 2.49. The minimum absolute atomic E-state index is 0.0312. The summed E-state index contributed by atoms with van der Waals surface area (Å²) in [6.45, 7) is 5.62. The van der Waals surface area contributed by atoms with Crippen molar-refractivity contribution < 1.29 is 29.4 Å². The maximum absolute atomic E-state index is 13.9. The van der Waals surface area contributed by atoms with Crippen LogP contribution in [-0.4, -0.2) is 66.5 Å². The Morgan fingerprint density at radius 3 is 2.00 bits per heavy atom. The number of aliphatic hydroxyl groups excluding tert-OH is 1. The van der Waals surface area contributed by atoms with Gasteiger partial charge in [0.25, 0.3) is 5.91 Å². The SMILES string of the molecule is CC(=O)N([C@@H](Cc1ccccc1)C(O)C(=O)O)N1C(=O)C(C)(C)N(C(C)=O)C=C1c1ccccc1. The molecule has 2 N–H and O–H groups in total. The van der Waals surface area contributed by atoms with Gasteiger partial charge in [0.05, 0.1) is 11.7 Å². The van der Waals surface area contributed by atoms with Crippen molar-refractivity contribution in [1.82, 2.24) is 14.9 Å². The molecule has 3 amide bonds. The van der Waals surface area contributed by atoms with E-state index in [1.165, 1.54) is 24.9 Å². The third kappa shape index (κ3) is 5.09. The summed E-state index contributed by atoms with van der Waals surface area (Å²) in [5.74, 6) is -3.18. The molecule has 1 unspecified atom stereocenters. The molecule has 0 fully saturated rings. The summed E-state index contributed by atoms with van der Waals surface area (Å²) >= 11 is 0. The van der Waals surface area contributed by atoms with Crippen LogP contribution in [0, 0.1) is 0 Å². The molecule has 35 heavy (non-hydrogen) atoms. The van der Waals surface area contributed by atoms with Crippen molar-refractivity contribution in [2.24, 2.45) is 0 Å². The Hall–Kier alpha value is -3.98. The van der Waals surface area contributed by atoms with Crippen molar-refractivity contribution in [3.63, 3.8) is 0 Å². The largest absolute Gasteiger partial charge is 0.479 e. The maximum Gasteiger partial charge on any atom is 0.334 e. The van der Waals surface area contributed by atoms with Gasteiger partial charge in [-0.1, -0.05) is 60.7 Å². The van der Waals surface area contributed by atoms with E-state index in [9.17, 15) is 29.4 Å². The molecule has 1 heterocycles. The molecule has 0 saturated heterocycles. The number of benzene rings is 2. The highest BCUT2D eigenvalue weighted by Crippen LogP contribution is 2.35. The number of aliphatic hydroxyl groups is 1. The van der Waals surface area contributed by atoms with Gasteiger partial charge < -0.3 is 15.1 Å². The molecule has 0 bridgehead atoms. The number of carbonyl (C=O) groups excluding carboxylic acids is 3. The Bertz CT molecular complexity index is 1150. The lowest BCUT2D eigenvalue weighted by atomic mass is 9.95. The van der Waals surface area contributed by atoms with E-state index < -0.39 is 35.5 Å². The Morgan fingerprint density at radius 1 is 0.971 bits per heavy atom. The number of hydrogen-bond acceptors (Lipinski definition) is 5. The highest BCUT2D eigenvalue weighted by molar-refractivity contribution is 6.00. The third-order valence-electron chi connectivity index (χ3n) is 5.96. The Morgan fingerprint density at radius 2 is 1.51 bits per heavy atom. The molecule has 2 aromatic rings. The fourth-order valence-corrected chi connectivity index (χ4v) is 4.19. The number of hydrazine groups is 1. The van der Waals surface area contributed by atoms with E-state index in [2.05, 4.69) is 0 Å². The molecule has 2 aromatic carbocycles. The standard InChI is InChI=1S/C26H29N3O6/c1-17(30)27-16-22(20-13-9-6-10-14-20)29(25(35)26(27,3)4)28(18(2)31)21(23(32)24(33)34)15-19-11-7-5-8-12-19/h5-14,16,21,23,32H,15H2,1-4H3,(H,33,34)/t21-,23?/m0/s1. The lowest BCUT2D eigenvalue weighted by molar-refractivity contribution is -0.177. The second kappa shape index (κ2) is 10.1. The predicted molar refractivity (Wildman–Crippen MR) is 128 cm³/mol. The number of amides is 3. The zero-order valence-electron chi connectivity index (χ0n) is 20.1. The molecule has 0 spiro atoms. The van der Waals surface area contributed by atoms with Gasteiger partial charge in [-0.3, -0.25) is 14.4 Å². The van der Waals surface area contributed by atoms with Gasteiger partial charge in [0.15, 0.2) is 6.10 Å². The molecule has 1 aliphatic heterocycles. The van der Waals surface area contributed by atoms with E-state index in [1.807, 2.05) is 0 Å². The molecule has 2 atom stereocenters. The zero-order valence-corrected chi connectivity index (χ0v) is 20.1. The number of hydrogen-bond donors (Lipinski definition) is 2. The normalized spacial score (nSPS) is 16.8. The average Bonchev–Trinajstić information content (AvgIpc) is 2.81. The molecule has 0 saturated carbocycles. The van der Waals surface area contributed by atoms with Crippen LogP contribution in [0.5, 0.6) is 0 Å². The number of rotatable bonds is 7. The van der Waals surface area contributed by atoms with E-state index in [-0.39, 0.29) is 18.0 Å². The van der Waals surface area contributed by atoms with Gasteiger partial charge in [-0.25, -0.2) is 14.8 Å². The van der Waals surface area contributed by atoms with Gasteiger partial charge >= 0.3 is 5.97 Å². The Kier molecular flexibility index (Phi) is 7.40. The smallest absolute Gasteiger partial charge is 0.334 e. The van der Waals surface area contributed by atoms with E-state index in [0.717, 1.165) is 10.0 Å². The van der Waals surface area contributed by atoms with E-state index >= 15 is 0 Å². The zero-order chi connectivity index (χ0) is 25.9.